The summed E-state index contributed by atoms with van der Waals surface area (Å²) in [6.07, 6.45) is 1.53. The Hall–Kier alpha value is 0.519. The van der Waals surface area contributed by atoms with Crippen LogP contribution in [0.4, 0.5) is 0 Å². The van der Waals surface area contributed by atoms with Crippen LogP contribution in [0.2, 0.25) is 10.6 Å². The Balaban J connectivity index is 2.00. The molecule has 0 unspecified atom stereocenters. The monoisotopic (exact) mass is 122 g/mol. The van der Waals surface area contributed by atoms with Gasteiger partial charge in [-0.3, -0.25) is 0 Å². The van der Waals surface area contributed by atoms with E-state index in [0.29, 0.717) is 0 Å². The molecule has 0 saturated carbocycles. The van der Waals surface area contributed by atoms with Crippen LogP contribution in [0.15, 0.2) is 0 Å². The predicted octanol–water partition coefficient (Wildman–Crippen LogP) is 0.931. The van der Waals surface area contributed by atoms with E-state index in [1.165, 1.54) is 6.42 Å². The molecule has 1 heterocycles. The Labute approximate surface area is 32.7 Å². The van der Waals surface area contributed by atoms with Crippen molar-refractivity contribution in [3.8, 4) is 0 Å². The zero-order chi connectivity index (χ0) is 2.83. The van der Waals surface area contributed by atoms with E-state index < -0.39 is 0 Å². The summed E-state index contributed by atoms with van der Waals surface area (Å²) in [6, 6.07) is 0. The summed E-state index contributed by atoms with van der Waals surface area (Å²) in [5, 5.41) is 3.12. The van der Waals surface area contributed by atoms with E-state index in [4.69, 9.17) is 0 Å². The maximum atomic E-state index is 1.56. The van der Waals surface area contributed by atoms with Gasteiger partial charge in [-0.05, 0) is 0 Å². The Morgan fingerprint density at radius 3 is 1.50 bits per heavy atom. The zero-order valence-electron chi connectivity index (χ0n) is 2.53. The molecule has 0 aromatic rings. The van der Waals surface area contributed by atoms with Crippen molar-refractivity contribution in [3.05, 3.63) is 0 Å². The Morgan fingerprint density at radius 1 is 1.25 bits per heavy atom. The van der Waals surface area contributed by atoms with Crippen molar-refractivity contribution in [2.24, 2.45) is 0 Å². The van der Waals surface area contributed by atoms with Crippen LogP contribution in [0.5, 0.6) is 0 Å². The number of rotatable bonds is 0. The summed E-state index contributed by atoms with van der Waals surface area (Å²) in [5.74, 6) is 0. The average Bonchev–Trinajstić information content (AvgIpc) is 0.722. The van der Waals surface area contributed by atoms with E-state index in [9.17, 15) is 0 Å². The van der Waals surface area contributed by atoms with Crippen molar-refractivity contribution in [1.29, 1.82) is 0 Å². The fraction of sp³-hybridized carbons (Fsp3) is 1.00. The molecule has 1 rings (SSSR count). The van der Waals surface area contributed by atoms with Crippen molar-refractivity contribution in [2.45, 2.75) is 17.1 Å². The average molecular weight is 121 g/mol. The molecule has 24 valence electrons. The topological polar surface area (TPSA) is 0 Å². The second-order valence-electron chi connectivity index (χ2n) is 0.966. The van der Waals surface area contributed by atoms with Crippen LogP contribution >= 0.6 is 0 Å². The molecule has 1 heteroatoms. The molecule has 0 bridgehead atoms. The van der Waals surface area contributed by atoms with Gasteiger partial charge in [-0.25, -0.2) is 0 Å². The van der Waals surface area contributed by atoms with Gasteiger partial charge in [0, 0.05) is 0 Å². The van der Waals surface area contributed by atoms with Crippen LogP contribution in [0.1, 0.15) is 6.42 Å². The third kappa shape index (κ3) is 0.285. The minimum atomic E-state index is 1.10. The van der Waals surface area contributed by atoms with Crippen molar-refractivity contribution < 1.29 is 0 Å². The van der Waals surface area contributed by atoms with E-state index >= 15 is 0 Å². The summed E-state index contributed by atoms with van der Waals surface area (Å²) in [5.41, 5.74) is 0. The van der Waals surface area contributed by atoms with Gasteiger partial charge in [-0.2, -0.15) is 0 Å². The third-order valence-electron chi connectivity index (χ3n) is 0.577. The van der Waals surface area contributed by atoms with Gasteiger partial charge in [-0.1, -0.05) is 0 Å². The first-order valence-electron chi connectivity index (χ1n) is 1.58. The van der Waals surface area contributed by atoms with Crippen LogP contribution in [0, 0.1) is 0 Å². The van der Waals surface area contributed by atoms with Gasteiger partial charge >= 0.3 is 32.0 Å². The molecule has 0 aromatic heterocycles. The standard InChI is InChI=1S/C3H6Se/c1-2-4-3-1/h1-3H2. The molecule has 1 aliphatic rings. The summed E-state index contributed by atoms with van der Waals surface area (Å²) in [7, 11) is 0. The van der Waals surface area contributed by atoms with Crippen LogP contribution in [0.3, 0.4) is 0 Å². The zero-order valence-corrected chi connectivity index (χ0v) is 4.24. The van der Waals surface area contributed by atoms with Crippen molar-refractivity contribution >= 4 is 15.0 Å². The first kappa shape index (κ1) is 2.74. The molecule has 0 amide bonds. The summed E-state index contributed by atoms with van der Waals surface area (Å²) in [4.78, 5) is 0. The molecule has 0 nitrogen and oxygen atoms in total. The molecule has 1 saturated heterocycles. The first-order chi connectivity index (χ1) is 2.00. The van der Waals surface area contributed by atoms with E-state index in [0.717, 1.165) is 15.0 Å². The maximum absolute atomic E-state index is 1.56. The Morgan fingerprint density at radius 2 is 1.50 bits per heavy atom. The normalized spacial score (nSPS) is 24.0. The third-order valence-corrected chi connectivity index (χ3v) is 3.00. The van der Waals surface area contributed by atoms with Gasteiger partial charge in [0.15, 0.2) is 0 Å². The second kappa shape index (κ2) is 1.09. The van der Waals surface area contributed by atoms with Crippen LogP contribution in [0.25, 0.3) is 0 Å². The van der Waals surface area contributed by atoms with Crippen molar-refractivity contribution in [3.63, 3.8) is 0 Å². The van der Waals surface area contributed by atoms with Gasteiger partial charge in [-0.15, -0.1) is 0 Å². The second-order valence-corrected chi connectivity index (χ2v) is 3.54. The molecular formula is C3H6Se. The van der Waals surface area contributed by atoms with Crippen molar-refractivity contribution in [1.82, 2.24) is 0 Å². The number of hydrogen-bond acceptors (Lipinski definition) is 0. The molecule has 0 aromatic carbocycles. The van der Waals surface area contributed by atoms with Crippen LogP contribution < -0.4 is 0 Å². The van der Waals surface area contributed by atoms with Gasteiger partial charge in [0.2, 0.25) is 0 Å². The van der Waals surface area contributed by atoms with E-state index in [-0.39, 0.29) is 0 Å². The quantitative estimate of drug-likeness (QED) is 0.418. The molecule has 0 atom stereocenters. The summed E-state index contributed by atoms with van der Waals surface area (Å²) in [6.45, 7) is 0. The van der Waals surface area contributed by atoms with Crippen molar-refractivity contribution in [2.75, 3.05) is 0 Å². The molecule has 0 radical (unpaired) electrons. The van der Waals surface area contributed by atoms with Gasteiger partial charge in [0.1, 0.15) is 0 Å². The van der Waals surface area contributed by atoms with Crippen LogP contribution in [-0.2, 0) is 0 Å². The Kier molecular flexibility index (Phi) is 0.749. The summed E-state index contributed by atoms with van der Waals surface area (Å²) < 4.78 is 0. The van der Waals surface area contributed by atoms with E-state index in [1.807, 2.05) is 0 Å². The minimum absolute atomic E-state index is 1.10. The van der Waals surface area contributed by atoms with E-state index in [1.54, 1.807) is 10.6 Å². The SMILES string of the molecule is C1C[Se]C1. The molecule has 0 spiro atoms. The van der Waals surface area contributed by atoms with Crippen LogP contribution in [-0.4, -0.2) is 15.0 Å². The summed E-state index contributed by atoms with van der Waals surface area (Å²) >= 11 is 1.10. The molecule has 1 fully saturated rings. The molecule has 4 heavy (non-hydrogen) atoms. The van der Waals surface area contributed by atoms with E-state index in [2.05, 4.69) is 0 Å². The molecule has 0 N–H and O–H groups in total. The fourth-order valence-electron chi connectivity index (χ4n) is 0.144. The van der Waals surface area contributed by atoms with Gasteiger partial charge in [0.25, 0.3) is 0 Å². The number of hydrogen-bond donors (Lipinski definition) is 0. The Bertz CT molecular complexity index is 11.2. The first-order valence-corrected chi connectivity index (χ1v) is 4.00. The van der Waals surface area contributed by atoms with Gasteiger partial charge < -0.3 is 0 Å². The molecule has 1 aliphatic heterocycles. The fourth-order valence-corrected chi connectivity index (χ4v) is 0.750. The molecule has 0 aliphatic carbocycles. The predicted molar refractivity (Wildman–Crippen MR) is 20.0 cm³/mol. The molecular weight excluding hydrogens is 115 g/mol. The van der Waals surface area contributed by atoms with Gasteiger partial charge in [0.05, 0.1) is 0 Å².